The van der Waals surface area contributed by atoms with Gasteiger partial charge in [-0.25, -0.2) is 4.98 Å². The molecule has 0 fully saturated rings. The number of unbranched alkanes of at least 4 members (excludes halogenated alkanes) is 1. The molecule has 0 spiro atoms. The summed E-state index contributed by atoms with van der Waals surface area (Å²) in [5.74, 6) is -0.432. The number of carbonyl (C=O) groups excluding carboxylic acids is 1. The quantitative estimate of drug-likeness (QED) is 0.594. The number of aryl methyl sites for hydroxylation is 1. The Hall–Kier alpha value is -3.21. The molecule has 0 saturated carbocycles. The summed E-state index contributed by atoms with van der Waals surface area (Å²) >= 11 is 0. The van der Waals surface area contributed by atoms with Gasteiger partial charge >= 0.3 is 0 Å². The summed E-state index contributed by atoms with van der Waals surface area (Å²) in [6.45, 7) is 2.16. The fourth-order valence-electron chi connectivity index (χ4n) is 3.45. The number of nitrogens with zero attached hydrogens (tertiary/aromatic N) is 3. The number of amides is 1. The van der Waals surface area contributed by atoms with E-state index in [-0.39, 0.29) is 0 Å². The summed E-state index contributed by atoms with van der Waals surface area (Å²) in [6, 6.07) is 13.7. The topological polar surface area (TPSA) is 73.8 Å². The van der Waals surface area contributed by atoms with Gasteiger partial charge in [0, 0.05) is 5.39 Å². The minimum Gasteiger partial charge on any atom is -0.366 e. The van der Waals surface area contributed by atoms with Crippen LogP contribution in [0.4, 0.5) is 0 Å². The third-order valence-electron chi connectivity index (χ3n) is 4.71. The van der Waals surface area contributed by atoms with E-state index in [0.29, 0.717) is 5.56 Å². The lowest BCUT2D eigenvalue weighted by molar-refractivity contribution is 0.1000. The average molecular weight is 344 g/mol. The molecule has 2 aromatic carbocycles. The van der Waals surface area contributed by atoms with Crippen molar-refractivity contribution < 1.29 is 4.79 Å². The van der Waals surface area contributed by atoms with E-state index in [1.165, 1.54) is 0 Å². The van der Waals surface area contributed by atoms with E-state index < -0.39 is 5.91 Å². The second kappa shape index (κ2) is 6.59. The Morgan fingerprint density at radius 1 is 1.08 bits per heavy atom. The molecule has 0 unspecified atom stereocenters. The molecule has 0 saturated heterocycles. The molecule has 0 aliphatic carbocycles. The number of primary amides is 1. The number of benzene rings is 2. The van der Waals surface area contributed by atoms with Gasteiger partial charge in [-0.1, -0.05) is 43.7 Å². The Balaban J connectivity index is 2.07. The van der Waals surface area contributed by atoms with Crippen LogP contribution in [-0.2, 0) is 6.42 Å². The van der Waals surface area contributed by atoms with Crippen molar-refractivity contribution in [2.45, 2.75) is 26.2 Å². The smallest absolute Gasteiger partial charge is 0.250 e. The fraction of sp³-hybridized carbons (Fsp3) is 0.190. The maximum absolute atomic E-state index is 12.1. The normalized spacial score (nSPS) is 11.3. The average Bonchev–Trinajstić information content (AvgIpc) is 3.10. The van der Waals surface area contributed by atoms with E-state index in [1.807, 2.05) is 34.9 Å². The van der Waals surface area contributed by atoms with Gasteiger partial charge in [-0.15, -0.1) is 0 Å². The number of nitrogens with two attached hydrogens (primary N) is 1. The Labute approximate surface area is 151 Å². The molecule has 0 atom stereocenters. The number of hydrogen-bond acceptors (Lipinski definition) is 3. The fourth-order valence-corrected chi connectivity index (χ4v) is 3.45. The van der Waals surface area contributed by atoms with Gasteiger partial charge in [0.2, 0.25) is 0 Å². The molecule has 1 amide bonds. The molecule has 4 aromatic rings. The highest BCUT2D eigenvalue weighted by Crippen LogP contribution is 2.29. The zero-order valence-corrected chi connectivity index (χ0v) is 14.6. The van der Waals surface area contributed by atoms with Gasteiger partial charge in [0.25, 0.3) is 5.91 Å². The van der Waals surface area contributed by atoms with Crippen molar-refractivity contribution >= 4 is 27.8 Å². The van der Waals surface area contributed by atoms with Gasteiger partial charge in [0.1, 0.15) is 11.8 Å². The molecule has 0 aliphatic rings. The monoisotopic (exact) mass is 344 g/mol. The van der Waals surface area contributed by atoms with Gasteiger partial charge in [-0.2, -0.15) is 0 Å². The van der Waals surface area contributed by atoms with E-state index >= 15 is 0 Å². The molecule has 4 rings (SSSR count). The van der Waals surface area contributed by atoms with Gasteiger partial charge in [0.15, 0.2) is 0 Å². The number of rotatable bonds is 5. The second-order valence-electron chi connectivity index (χ2n) is 6.40. The van der Waals surface area contributed by atoms with E-state index in [2.05, 4.69) is 23.0 Å². The van der Waals surface area contributed by atoms with Crippen LogP contribution < -0.4 is 5.73 Å². The van der Waals surface area contributed by atoms with E-state index in [9.17, 15) is 4.79 Å². The molecule has 0 bridgehead atoms. The van der Waals surface area contributed by atoms with Gasteiger partial charge < -0.3 is 5.73 Å². The highest BCUT2D eigenvalue weighted by atomic mass is 16.1. The van der Waals surface area contributed by atoms with E-state index in [1.54, 1.807) is 18.6 Å². The third-order valence-corrected chi connectivity index (χ3v) is 4.71. The Morgan fingerprint density at radius 3 is 2.73 bits per heavy atom. The molecule has 130 valence electrons. The van der Waals surface area contributed by atoms with Crippen LogP contribution >= 0.6 is 0 Å². The van der Waals surface area contributed by atoms with Crippen LogP contribution in [0.3, 0.4) is 0 Å². The van der Waals surface area contributed by atoms with Crippen LogP contribution in [-0.4, -0.2) is 20.4 Å². The molecule has 5 nitrogen and oxygen atoms in total. The first-order valence-corrected chi connectivity index (χ1v) is 8.83. The van der Waals surface area contributed by atoms with Crippen LogP contribution in [0.1, 0.15) is 35.7 Å². The van der Waals surface area contributed by atoms with Crippen molar-refractivity contribution in [3.63, 3.8) is 0 Å². The van der Waals surface area contributed by atoms with Crippen LogP contribution in [0, 0.1) is 0 Å². The molecular weight excluding hydrogens is 324 g/mol. The summed E-state index contributed by atoms with van der Waals surface area (Å²) in [5.41, 5.74) is 10.8. The third kappa shape index (κ3) is 2.62. The van der Waals surface area contributed by atoms with Crippen molar-refractivity contribution in [2.75, 3.05) is 0 Å². The second-order valence-corrected chi connectivity index (χ2v) is 6.40. The van der Waals surface area contributed by atoms with Gasteiger partial charge in [0.05, 0.1) is 28.5 Å². The minimum absolute atomic E-state index is 0.432. The summed E-state index contributed by atoms with van der Waals surface area (Å²) in [4.78, 5) is 21.1. The van der Waals surface area contributed by atoms with E-state index in [0.717, 1.165) is 52.4 Å². The maximum atomic E-state index is 12.1. The predicted octanol–water partition coefficient (Wildman–Crippen LogP) is 4.02. The summed E-state index contributed by atoms with van der Waals surface area (Å²) < 4.78 is 1.99. The molecule has 26 heavy (non-hydrogen) atoms. The zero-order valence-electron chi connectivity index (χ0n) is 14.6. The van der Waals surface area contributed by atoms with Crippen molar-refractivity contribution in [3.8, 4) is 5.69 Å². The molecular formula is C21H20N4O. The Bertz CT molecular complexity index is 1110. The molecule has 0 aliphatic heterocycles. The molecule has 0 radical (unpaired) electrons. The highest BCUT2D eigenvalue weighted by molar-refractivity contribution is 6.04. The molecule has 2 N–H and O–H groups in total. The largest absolute Gasteiger partial charge is 0.366 e. The number of aromatic nitrogens is 3. The summed E-state index contributed by atoms with van der Waals surface area (Å²) in [5, 5.41) is 1.00. The molecule has 2 aromatic heterocycles. The van der Waals surface area contributed by atoms with E-state index in [4.69, 9.17) is 5.73 Å². The van der Waals surface area contributed by atoms with Gasteiger partial charge in [-0.05, 0) is 30.5 Å². The summed E-state index contributed by atoms with van der Waals surface area (Å²) in [6.07, 6.45) is 6.54. The van der Waals surface area contributed by atoms with Crippen molar-refractivity contribution in [3.05, 3.63) is 66.1 Å². The number of para-hydroxylation sites is 2. The van der Waals surface area contributed by atoms with Crippen LogP contribution in [0.25, 0.3) is 27.6 Å². The Morgan fingerprint density at radius 2 is 1.92 bits per heavy atom. The number of carbonyl (C=O) groups is 1. The molecule has 2 heterocycles. The zero-order chi connectivity index (χ0) is 18.1. The van der Waals surface area contributed by atoms with Crippen molar-refractivity contribution in [2.24, 2.45) is 5.73 Å². The van der Waals surface area contributed by atoms with Crippen LogP contribution in [0.15, 0.2) is 55.0 Å². The molecule has 5 heteroatoms. The van der Waals surface area contributed by atoms with Gasteiger partial charge in [-0.3, -0.25) is 14.3 Å². The van der Waals surface area contributed by atoms with Crippen LogP contribution in [0.5, 0.6) is 0 Å². The van der Waals surface area contributed by atoms with Crippen LogP contribution in [0.2, 0.25) is 0 Å². The lowest BCUT2D eigenvalue weighted by Gasteiger charge is -2.15. The first kappa shape index (κ1) is 16.3. The Kier molecular flexibility index (Phi) is 4.13. The number of imidazole rings is 1. The lowest BCUT2D eigenvalue weighted by atomic mass is 10.0. The number of pyridine rings is 1. The first-order chi connectivity index (χ1) is 12.7. The summed E-state index contributed by atoms with van der Waals surface area (Å²) in [7, 11) is 0. The standard InChI is InChI=1S/C21H20N4O/c1-2-3-7-14-8-6-10-16(21(22)26)19(14)25-13-24-18-12-23-17-11-5-4-9-15(17)20(18)25/h4-6,8-13H,2-3,7H2,1H3,(H2,22,26). The van der Waals surface area contributed by atoms with Crippen molar-refractivity contribution in [1.82, 2.24) is 14.5 Å². The predicted molar refractivity (Wildman–Crippen MR) is 104 cm³/mol. The lowest BCUT2D eigenvalue weighted by Crippen LogP contribution is -2.16. The maximum Gasteiger partial charge on any atom is 0.250 e. The SMILES string of the molecule is CCCCc1cccc(C(N)=O)c1-n1cnc2cnc3ccccc3c21. The minimum atomic E-state index is -0.432. The first-order valence-electron chi connectivity index (χ1n) is 8.83. The number of hydrogen-bond donors (Lipinski definition) is 1. The number of fused-ring (bicyclic) bond motifs is 3. The highest BCUT2D eigenvalue weighted by Gasteiger charge is 2.18. The van der Waals surface area contributed by atoms with Crippen molar-refractivity contribution in [1.29, 1.82) is 0 Å².